The topological polar surface area (TPSA) is 89.9 Å². The second kappa shape index (κ2) is 5.71. The largest absolute Gasteiger partial charge is 0.534 e. The van der Waals surface area contributed by atoms with Gasteiger partial charge in [-0.1, -0.05) is 0 Å². The van der Waals surface area contributed by atoms with Crippen LogP contribution < -0.4 is 4.18 Å². The molecule has 140 valence electrons. The molecule has 1 N–H and O–H groups in total. The molecule has 0 aliphatic rings. The van der Waals surface area contributed by atoms with Crippen LogP contribution in [0.1, 0.15) is 0 Å². The monoisotopic (exact) mass is 396 g/mol. The number of hydrogen-bond acceptors (Lipinski definition) is 5. The molecular weight excluding hydrogens is 385 g/mol. The molecule has 27 heavy (non-hydrogen) atoms. The highest BCUT2D eigenvalue weighted by Crippen LogP contribution is 2.34. The summed E-state index contributed by atoms with van der Waals surface area (Å²) in [5.74, 6) is -0.442. The van der Waals surface area contributed by atoms with Crippen molar-refractivity contribution in [2.45, 2.75) is 5.51 Å². The van der Waals surface area contributed by atoms with Gasteiger partial charge in [0.15, 0.2) is 5.65 Å². The molecule has 3 heterocycles. The van der Waals surface area contributed by atoms with Crippen LogP contribution in [0.5, 0.6) is 5.75 Å². The number of hydrogen-bond donors (Lipinski definition) is 1. The van der Waals surface area contributed by atoms with Crippen molar-refractivity contribution in [3.05, 3.63) is 42.9 Å². The molecule has 1 aromatic carbocycles. The van der Waals surface area contributed by atoms with Crippen LogP contribution in [0.3, 0.4) is 0 Å². The predicted molar refractivity (Wildman–Crippen MR) is 91.4 cm³/mol. The van der Waals surface area contributed by atoms with Gasteiger partial charge in [-0.15, -0.1) is 0 Å². The van der Waals surface area contributed by atoms with Crippen molar-refractivity contribution in [3.63, 3.8) is 0 Å². The van der Waals surface area contributed by atoms with Crippen molar-refractivity contribution in [1.82, 2.24) is 19.5 Å². The molecular formula is C16H11F3N4O3S. The van der Waals surface area contributed by atoms with Gasteiger partial charge >= 0.3 is 15.6 Å². The van der Waals surface area contributed by atoms with E-state index in [-0.39, 0.29) is 0 Å². The van der Waals surface area contributed by atoms with E-state index in [1.165, 1.54) is 18.3 Å². The number of H-pyrrole nitrogens is 1. The fourth-order valence-corrected chi connectivity index (χ4v) is 3.21. The number of aromatic amines is 1. The summed E-state index contributed by atoms with van der Waals surface area (Å²) in [5.41, 5.74) is -2.55. The van der Waals surface area contributed by atoms with Gasteiger partial charge in [0.05, 0.1) is 11.9 Å². The number of benzene rings is 1. The number of halogens is 3. The zero-order valence-electron chi connectivity index (χ0n) is 13.6. The van der Waals surface area contributed by atoms with Gasteiger partial charge in [-0.3, -0.25) is 0 Å². The van der Waals surface area contributed by atoms with E-state index < -0.39 is 21.4 Å². The van der Waals surface area contributed by atoms with Gasteiger partial charge < -0.3 is 13.7 Å². The molecule has 0 fully saturated rings. The highest BCUT2D eigenvalue weighted by Gasteiger charge is 2.48. The van der Waals surface area contributed by atoms with E-state index >= 15 is 0 Å². The molecule has 0 bridgehead atoms. The van der Waals surface area contributed by atoms with Crippen LogP contribution in [0.4, 0.5) is 13.2 Å². The number of alkyl halides is 3. The third-order valence-corrected chi connectivity index (χ3v) is 4.97. The quantitative estimate of drug-likeness (QED) is 0.424. The molecule has 4 rings (SSSR count). The summed E-state index contributed by atoms with van der Waals surface area (Å²) in [6, 6.07) is 5.61. The van der Waals surface area contributed by atoms with Crippen molar-refractivity contribution in [2.75, 3.05) is 0 Å². The van der Waals surface area contributed by atoms with E-state index in [4.69, 9.17) is 0 Å². The Morgan fingerprint density at radius 1 is 1.22 bits per heavy atom. The average Bonchev–Trinajstić information content (AvgIpc) is 3.17. The van der Waals surface area contributed by atoms with E-state index in [1.54, 1.807) is 30.1 Å². The normalized spacial score (nSPS) is 12.7. The number of nitrogens with zero attached hydrogens (tertiary/aromatic N) is 3. The van der Waals surface area contributed by atoms with Crippen LogP contribution in [0.2, 0.25) is 0 Å². The molecule has 0 spiro atoms. The van der Waals surface area contributed by atoms with Gasteiger partial charge in [0.2, 0.25) is 0 Å². The van der Waals surface area contributed by atoms with Crippen LogP contribution >= 0.6 is 0 Å². The zero-order chi connectivity index (χ0) is 19.4. The Morgan fingerprint density at radius 2 is 2.00 bits per heavy atom. The molecule has 0 amide bonds. The molecule has 0 aliphatic heterocycles. The Morgan fingerprint density at radius 3 is 2.74 bits per heavy atom. The molecule has 0 unspecified atom stereocenters. The fourth-order valence-electron chi connectivity index (χ4n) is 2.76. The van der Waals surface area contributed by atoms with Crippen LogP contribution in [0.25, 0.3) is 33.3 Å². The molecule has 11 heteroatoms. The second-order valence-electron chi connectivity index (χ2n) is 5.78. The first-order valence-corrected chi connectivity index (χ1v) is 8.97. The SMILES string of the molecule is Cn1cc(-c2cnc3[nH]ccc3n2)c2cc(OS(=O)(=O)C(F)(F)F)ccc21. The van der Waals surface area contributed by atoms with Gasteiger partial charge in [0, 0.05) is 35.9 Å². The van der Waals surface area contributed by atoms with E-state index in [1.807, 2.05) is 0 Å². The van der Waals surface area contributed by atoms with Crippen molar-refractivity contribution in [2.24, 2.45) is 7.05 Å². The van der Waals surface area contributed by atoms with Crippen LogP contribution in [0.15, 0.2) is 42.9 Å². The fraction of sp³-hybridized carbons (Fsp3) is 0.125. The minimum Gasteiger partial charge on any atom is -0.376 e. The number of aromatic nitrogens is 4. The third kappa shape index (κ3) is 2.89. The second-order valence-corrected chi connectivity index (χ2v) is 7.32. The molecule has 3 aromatic heterocycles. The van der Waals surface area contributed by atoms with E-state index in [0.29, 0.717) is 33.3 Å². The Hall–Kier alpha value is -3.08. The highest BCUT2D eigenvalue weighted by atomic mass is 32.2. The summed E-state index contributed by atoms with van der Waals surface area (Å²) in [7, 11) is -4.00. The third-order valence-electron chi connectivity index (χ3n) is 3.99. The lowest BCUT2D eigenvalue weighted by Crippen LogP contribution is -2.28. The number of rotatable bonds is 3. The van der Waals surface area contributed by atoms with Crippen molar-refractivity contribution in [3.8, 4) is 17.0 Å². The van der Waals surface area contributed by atoms with Gasteiger partial charge in [0.25, 0.3) is 0 Å². The summed E-state index contributed by atoms with van der Waals surface area (Å²) in [6.07, 6.45) is 4.94. The van der Waals surface area contributed by atoms with Crippen molar-refractivity contribution in [1.29, 1.82) is 0 Å². The minimum atomic E-state index is -5.75. The lowest BCUT2D eigenvalue weighted by Gasteiger charge is -2.09. The first-order chi connectivity index (χ1) is 12.7. The predicted octanol–water partition coefficient (Wildman–Crippen LogP) is 3.35. The van der Waals surface area contributed by atoms with Gasteiger partial charge in [-0.05, 0) is 24.3 Å². The molecule has 4 aromatic rings. The number of nitrogens with one attached hydrogen (secondary N) is 1. The molecule has 0 saturated heterocycles. The maximum absolute atomic E-state index is 12.6. The van der Waals surface area contributed by atoms with E-state index in [0.717, 1.165) is 6.07 Å². The Kier molecular flexibility index (Phi) is 3.67. The van der Waals surface area contributed by atoms with Crippen LogP contribution in [-0.2, 0) is 17.2 Å². The Bertz CT molecular complexity index is 1280. The maximum atomic E-state index is 12.6. The molecule has 0 radical (unpaired) electrons. The standard InChI is InChI=1S/C16H11F3N4O3S/c1-23-8-11(13-7-21-15-12(22-13)4-5-20-15)10-6-9(2-3-14(10)23)26-27(24,25)16(17,18)19/h2-8H,1H3,(H,20,21). The van der Waals surface area contributed by atoms with Crippen LogP contribution in [0, 0.1) is 0 Å². The van der Waals surface area contributed by atoms with E-state index in [2.05, 4.69) is 19.1 Å². The smallest absolute Gasteiger partial charge is 0.376 e. The van der Waals surface area contributed by atoms with Crippen molar-refractivity contribution < 1.29 is 25.8 Å². The van der Waals surface area contributed by atoms with E-state index in [9.17, 15) is 21.6 Å². The maximum Gasteiger partial charge on any atom is 0.534 e. The van der Waals surface area contributed by atoms with Gasteiger partial charge in [-0.2, -0.15) is 21.6 Å². The Balaban J connectivity index is 1.84. The Labute approximate surface area is 150 Å². The summed E-state index contributed by atoms with van der Waals surface area (Å²) in [5, 5.41) is 0.483. The lowest BCUT2D eigenvalue weighted by atomic mass is 10.1. The lowest BCUT2D eigenvalue weighted by molar-refractivity contribution is -0.0500. The molecule has 0 saturated carbocycles. The highest BCUT2D eigenvalue weighted by molar-refractivity contribution is 7.88. The summed E-state index contributed by atoms with van der Waals surface area (Å²) in [4.78, 5) is 11.6. The summed E-state index contributed by atoms with van der Waals surface area (Å²) >= 11 is 0. The number of fused-ring (bicyclic) bond motifs is 2. The molecule has 0 aliphatic carbocycles. The first kappa shape index (κ1) is 17.3. The van der Waals surface area contributed by atoms with Crippen molar-refractivity contribution >= 4 is 32.2 Å². The summed E-state index contributed by atoms with van der Waals surface area (Å²) < 4.78 is 66.2. The number of aryl methyl sites for hydroxylation is 1. The minimum absolute atomic E-state index is 0.442. The average molecular weight is 396 g/mol. The van der Waals surface area contributed by atoms with Gasteiger partial charge in [0.1, 0.15) is 11.3 Å². The van der Waals surface area contributed by atoms with Crippen LogP contribution in [-0.4, -0.2) is 33.4 Å². The molecule has 7 nitrogen and oxygen atoms in total. The molecule has 0 atom stereocenters. The zero-order valence-corrected chi connectivity index (χ0v) is 14.5. The summed E-state index contributed by atoms with van der Waals surface area (Å²) in [6.45, 7) is 0. The first-order valence-electron chi connectivity index (χ1n) is 7.56. The van der Waals surface area contributed by atoms with Gasteiger partial charge in [-0.25, -0.2) is 9.97 Å².